The van der Waals surface area contributed by atoms with Crippen LogP contribution in [0.5, 0.6) is 0 Å². The third kappa shape index (κ3) is 2.80. The van der Waals surface area contributed by atoms with Gasteiger partial charge in [0.15, 0.2) is 5.60 Å². The first-order valence-corrected chi connectivity index (χ1v) is 9.18. The van der Waals surface area contributed by atoms with Crippen molar-refractivity contribution in [2.45, 2.75) is 18.9 Å². The van der Waals surface area contributed by atoms with Crippen LogP contribution in [-0.2, 0) is 4.74 Å². The molecule has 2 aliphatic heterocycles. The predicted octanol–water partition coefficient (Wildman–Crippen LogP) is 3.39. The van der Waals surface area contributed by atoms with Gasteiger partial charge in [-0.05, 0) is 24.1 Å². The number of rotatable bonds is 2. The van der Waals surface area contributed by atoms with Crippen molar-refractivity contribution in [3.05, 3.63) is 46.8 Å². The first-order valence-electron chi connectivity index (χ1n) is 8.37. The van der Waals surface area contributed by atoms with Gasteiger partial charge in [-0.3, -0.25) is 4.79 Å². The Balaban J connectivity index is 1.54. The molecule has 2 fully saturated rings. The number of hydrogen-bond acceptors (Lipinski definition) is 4. The molecule has 2 amide bonds. The Kier molecular flexibility index (Phi) is 3.80. The van der Waals surface area contributed by atoms with E-state index in [1.165, 1.54) is 11.3 Å². The summed E-state index contributed by atoms with van der Waals surface area (Å²) in [6.45, 7) is 3.68. The fourth-order valence-electron chi connectivity index (χ4n) is 3.64. The third-order valence-electron chi connectivity index (χ3n) is 4.91. The van der Waals surface area contributed by atoms with E-state index < -0.39 is 5.60 Å². The summed E-state index contributed by atoms with van der Waals surface area (Å²) in [5.74, 6) is 0.0257. The molecule has 0 aliphatic carbocycles. The van der Waals surface area contributed by atoms with Gasteiger partial charge in [-0.2, -0.15) is 0 Å². The maximum absolute atomic E-state index is 12.9. The van der Waals surface area contributed by atoms with Crippen molar-refractivity contribution >= 4 is 23.3 Å². The molecule has 0 bridgehead atoms. The lowest BCUT2D eigenvalue weighted by atomic mass is 10.0. The largest absolute Gasteiger partial charge is 0.439 e. The van der Waals surface area contributed by atoms with Gasteiger partial charge in [0, 0.05) is 24.9 Å². The smallest absolute Gasteiger partial charge is 0.410 e. The van der Waals surface area contributed by atoms with Gasteiger partial charge in [-0.25, -0.2) is 4.79 Å². The zero-order valence-corrected chi connectivity index (χ0v) is 15.1. The van der Waals surface area contributed by atoms with Gasteiger partial charge in [0.1, 0.15) is 0 Å². The van der Waals surface area contributed by atoms with E-state index in [0.29, 0.717) is 26.1 Å². The van der Waals surface area contributed by atoms with Gasteiger partial charge in [0.25, 0.3) is 5.91 Å². The van der Waals surface area contributed by atoms with E-state index in [-0.39, 0.29) is 12.0 Å². The van der Waals surface area contributed by atoms with E-state index in [9.17, 15) is 9.59 Å². The maximum atomic E-state index is 12.9. The molecule has 5 nitrogen and oxygen atoms in total. The molecule has 3 heterocycles. The van der Waals surface area contributed by atoms with E-state index in [1.807, 2.05) is 36.1 Å². The highest BCUT2D eigenvalue weighted by Crippen LogP contribution is 2.36. The molecule has 1 atom stereocenters. The van der Waals surface area contributed by atoms with E-state index in [1.54, 1.807) is 11.9 Å². The number of carbonyl (C=O) groups excluding carboxylic acids is 2. The molecule has 0 N–H and O–H groups in total. The fraction of sp³-hybridized carbons (Fsp3) is 0.368. The van der Waals surface area contributed by atoms with E-state index in [2.05, 4.69) is 12.1 Å². The summed E-state index contributed by atoms with van der Waals surface area (Å²) in [7, 11) is 1.73. The second-order valence-electron chi connectivity index (χ2n) is 6.87. The molecule has 4 rings (SSSR count). The van der Waals surface area contributed by atoms with Gasteiger partial charge in [0.05, 0.1) is 18.0 Å². The summed E-state index contributed by atoms with van der Waals surface area (Å²) >= 11 is 1.53. The fourth-order valence-corrected chi connectivity index (χ4v) is 4.79. The predicted molar refractivity (Wildman–Crippen MR) is 96.9 cm³/mol. The number of benzene rings is 1. The molecule has 2 saturated heterocycles. The average molecular weight is 356 g/mol. The van der Waals surface area contributed by atoms with Gasteiger partial charge in [-0.1, -0.05) is 30.3 Å². The van der Waals surface area contributed by atoms with Crippen LogP contribution in [0.25, 0.3) is 10.4 Å². The van der Waals surface area contributed by atoms with Gasteiger partial charge < -0.3 is 14.5 Å². The number of amides is 2. The lowest BCUT2D eigenvalue weighted by Gasteiger charge is -2.21. The molecular weight excluding hydrogens is 336 g/mol. The second-order valence-corrected chi connectivity index (χ2v) is 7.92. The van der Waals surface area contributed by atoms with Crippen molar-refractivity contribution in [1.29, 1.82) is 0 Å². The Morgan fingerprint density at radius 2 is 2.00 bits per heavy atom. The van der Waals surface area contributed by atoms with Crippen LogP contribution in [0.1, 0.15) is 21.7 Å². The molecule has 2 aliphatic rings. The second kappa shape index (κ2) is 5.88. The van der Waals surface area contributed by atoms with Crippen LogP contribution < -0.4 is 0 Å². The van der Waals surface area contributed by atoms with E-state index in [0.717, 1.165) is 20.9 Å². The van der Waals surface area contributed by atoms with Gasteiger partial charge in [0.2, 0.25) is 0 Å². The van der Waals surface area contributed by atoms with Crippen molar-refractivity contribution in [2.24, 2.45) is 0 Å². The van der Waals surface area contributed by atoms with Crippen LogP contribution in [0, 0.1) is 6.92 Å². The zero-order valence-electron chi connectivity index (χ0n) is 14.3. The van der Waals surface area contributed by atoms with Crippen LogP contribution in [0.3, 0.4) is 0 Å². The summed E-state index contributed by atoms with van der Waals surface area (Å²) in [5.41, 5.74) is 1.71. The number of hydrogen-bond donors (Lipinski definition) is 0. The number of thiophene rings is 1. The summed E-state index contributed by atoms with van der Waals surface area (Å²) < 4.78 is 5.53. The van der Waals surface area contributed by atoms with Crippen LogP contribution in [0.4, 0.5) is 4.79 Å². The molecule has 130 valence electrons. The zero-order chi connectivity index (χ0) is 17.6. The van der Waals surface area contributed by atoms with Gasteiger partial charge in [-0.15, -0.1) is 11.3 Å². The van der Waals surface area contributed by atoms with Crippen LogP contribution in [0.15, 0.2) is 36.4 Å². The Morgan fingerprint density at radius 3 is 2.68 bits per heavy atom. The van der Waals surface area contributed by atoms with Crippen molar-refractivity contribution in [3.63, 3.8) is 0 Å². The standard InChI is InChI=1S/C19H20N2O3S/c1-13-10-15(25-16(13)14-6-4-3-5-7-14)17(22)21-9-8-19(12-21)11-20(2)18(23)24-19/h3-7,10H,8-9,11-12H2,1-2H3/t19-/m1/s1. The molecule has 25 heavy (non-hydrogen) atoms. The molecule has 0 unspecified atom stereocenters. The molecule has 1 spiro atoms. The normalized spacial score (nSPS) is 22.7. The molecule has 1 aromatic carbocycles. The van der Waals surface area contributed by atoms with Gasteiger partial charge >= 0.3 is 6.09 Å². The minimum absolute atomic E-state index is 0.0257. The number of likely N-dealkylation sites (N-methyl/N-ethyl adjacent to an activating group) is 1. The highest BCUT2D eigenvalue weighted by molar-refractivity contribution is 7.17. The van der Waals surface area contributed by atoms with Crippen molar-refractivity contribution in [1.82, 2.24) is 9.80 Å². The first-order chi connectivity index (χ1) is 12.0. The Hall–Kier alpha value is -2.34. The topological polar surface area (TPSA) is 49.9 Å². The SMILES string of the molecule is Cc1cc(C(=O)N2CC[C@@]3(CN(C)C(=O)O3)C2)sc1-c1ccccc1. The highest BCUT2D eigenvalue weighted by Gasteiger charge is 2.49. The summed E-state index contributed by atoms with van der Waals surface area (Å²) in [5, 5.41) is 0. The Bertz CT molecular complexity index is 832. The van der Waals surface area contributed by atoms with Crippen molar-refractivity contribution in [3.8, 4) is 10.4 Å². The van der Waals surface area contributed by atoms with Crippen LogP contribution >= 0.6 is 11.3 Å². The van der Waals surface area contributed by atoms with Crippen molar-refractivity contribution < 1.29 is 14.3 Å². The number of likely N-dealkylation sites (tertiary alicyclic amines) is 1. The van der Waals surface area contributed by atoms with Crippen LogP contribution in [0.2, 0.25) is 0 Å². The Labute approximate surface area is 150 Å². The van der Waals surface area contributed by atoms with Crippen LogP contribution in [-0.4, -0.2) is 54.1 Å². The lowest BCUT2D eigenvalue weighted by Crippen LogP contribution is -2.38. The highest BCUT2D eigenvalue weighted by atomic mass is 32.1. The molecular formula is C19H20N2O3S. The van der Waals surface area contributed by atoms with E-state index in [4.69, 9.17) is 4.74 Å². The number of aryl methyl sites for hydroxylation is 1. The van der Waals surface area contributed by atoms with Crippen molar-refractivity contribution in [2.75, 3.05) is 26.7 Å². The summed E-state index contributed by atoms with van der Waals surface area (Å²) in [6.07, 6.45) is 0.401. The first kappa shape index (κ1) is 16.1. The molecule has 1 aromatic heterocycles. The third-order valence-corrected chi connectivity index (χ3v) is 6.18. The quantitative estimate of drug-likeness (QED) is 0.829. The molecule has 0 saturated carbocycles. The monoisotopic (exact) mass is 356 g/mol. The maximum Gasteiger partial charge on any atom is 0.410 e. The summed E-state index contributed by atoms with van der Waals surface area (Å²) in [6, 6.07) is 12.1. The average Bonchev–Trinajstić information content (AvgIpc) is 3.26. The number of nitrogens with zero attached hydrogens (tertiary/aromatic N) is 2. The molecule has 0 radical (unpaired) electrons. The van der Waals surface area contributed by atoms with E-state index >= 15 is 0 Å². The molecule has 2 aromatic rings. The Morgan fingerprint density at radius 1 is 1.24 bits per heavy atom. The number of ether oxygens (including phenoxy) is 1. The number of carbonyl (C=O) groups is 2. The minimum atomic E-state index is -0.532. The minimum Gasteiger partial charge on any atom is -0.439 e. The lowest BCUT2D eigenvalue weighted by molar-refractivity contribution is 0.0555. The molecule has 6 heteroatoms. The summed E-state index contributed by atoms with van der Waals surface area (Å²) in [4.78, 5) is 29.9.